The maximum absolute atomic E-state index is 12.9. The molecule has 2 saturated heterocycles. The Kier molecular flexibility index (Phi) is 5.53. The third kappa shape index (κ3) is 4.48. The molecule has 0 aliphatic carbocycles. The first kappa shape index (κ1) is 19.4. The van der Waals surface area contributed by atoms with Gasteiger partial charge >= 0.3 is 6.18 Å². The van der Waals surface area contributed by atoms with Gasteiger partial charge < -0.3 is 9.80 Å². The van der Waals surface area contributed by atoms with Crippen molar-refractivity contribution < 1.29 is 27.6 Å². The number of nitrogens with zero attached hydrogens (tertiary/aromatic N) is 2. The molecule has 3 rings (SSSR count). The highest BCUT2D eigenvalue weighted by atomic mass is 19.4. The van der Waals surface area contributed by atoms with E-state index < -0.39 is 17.7 Å². The van der Waals surface area contributed by atoms with Crippen LogP contribution in [0.25, 0.3) is 0 Å². The van der Waals surface area contributed by atoms with Gasteiger partial charge in [-0.25, -0.2) is 0 Å². The Morgan fingerprint density at radius 2 is 1.93 bits per heavy atom. The van der Waals surface area contributed by atoms with Crippen LogP contribution in [-0.4, -0.2) is 53.6 Å². The Labute approximate surface area is 155 Å². The van der Waals surface area contributed by atoms with Gasteiger partial charge in [0.25, 0.3) is 0 Å². The van der Waals surface area contributed by atoms with Gasteiger partial charge in [0.2, 0.25) is 11.8 Å². The van der Waals surface area contributed by atoms with Crippen molar-refractivity contribution in [2.45, 2.75) is 31.9 Å². The van der Waals surface area contributed by atoms with Gasteiger partial charge in [0, 0.05) is 37.5 Å². The van der Waals surface area contributed by atoms with E-state index in [2.05, 4.69) is 0 Å². The van der Waals surface area contributed by atoms with Crippen LogP contribution in [0.2, 0.25) is 0 Å². The molecule has 2 amide bonds. The number of alkyl halides is 3. The van der Waals surface area contributed by atoms with Crippen LogP contribution in [-0.2, 0) is 15.8 Å². The van der Waals surface area contributed by atoms with Gasteiger partial charge in [-0.2, -0.15) is 13.2 Å². The average Bonchev–Trinajstić information content (AvgIpc) is 3.05. The van der Waals surface area contributed by atoms with Crippen LogP contribution in [0.5, 0.6) is 0 Å². The lowest BCUT2D eigenvalue weighted by Gasteiger charge is -2.33. The van der Waals surface area contributed by atoms with Crippen LogP contribution in [0.1, 0.15) is 41.6 Å². The number of piperidine rings is 1. The van der Waals surface area contributed by atoms with Crippen LogP contribution in [0.4, 0.5) is 13.2 Å². The normalized spacial score (nSPS) is 20.9. The first-order valence-electron chi connectivity index (χ1n) is 9.03. The lowest BCUT2D eigenvalue weighted by atomic mass is 9.89. The Morgan fingerprint density at radius 3 is 2.59 bits per heavy atom. The molecule has 146 valence electrons. The standard InChI is InChI=1S/C19H21F3N2O3/c20-19(21,22)15-6-1-4-13(10-15)18(27)14-5-2-8-23(11-14)17(26)12-24-9-3-7-16(24)25/h1,4,6,10,14H,2-3,5,7-9,11-12H2/t14-/m0/s1. The van der Waals surface area contributed by atoms with Gasteiger partial charge in [-0.05, 0) is 31.4 Å². The molecular weight excluding hydrogens is 361 g/mol. The van der Waals surface area contributed by atoms with Crippen LogP contribution >= 0.6 is 0 Å². The molecule has 2 aliphatic rings. The largest absolute Gasteiger partial charge is 0.416 e. The molecule has 1 atom stereocenters. The minimum absolute atomic E-state index is 0.00328. The van der Waals surface area contributed by atoms with Crippen molar-refractivity contribution >= 4 is 17.6 Å². The fourth-order valence-corrected chi connectivity index (χ4v) is 3.64. The fraction of sp³-hybridized carbons (Fsp3) is 0.526. The highest BCUT2D eigenvalue weighted by molar-refractivity contribution is 5.98. The van der Waals surface area contributed by atoms with E-state index in [1.807, 2.05) is 0 Å². The van der Waals surface area contributed by atoms with Crippen LogP contribution in [0.3, 0.4) is 0 Å². The molecule has 2 aliphatic heterocycles. The number of rotatable bonds is 4. The highest BCUT2D eigenvalue weighted by Crippen LogP contribution is 2.30. The van der Waals surface area contributed by atoms with Gasteiger partial charge in [-0.3, -0.25) is 14.4 Å². The maximum Gasteiger partial charge on any atom is 0.416 e. The predicted octanol–water partition coefficient (Wildman–Crippen LogP) is 2.75. The number of halogens is 3. The molecule has 27 heavy (non-hydrogen) atoms. The number of hydrogen-bond acceptors (Lipinski definition) is 3. The van der Waals surface area contributed by atoms with Gasteiger partial charge in [-0.1, -0.05) is 12.1 Å². The van der Waals surface area contributed by atoms with Gasteiger partial charge in [0.05, 0.1) is 12.1 Å². The number of hydrogen-bond donors (Lipinski definition) is 0. The van der Waals surface area contributed by atoms with E-state index in [9.17, 15) is 27.6 Å². The second-order valence-electron chi connectivity index (χ2n) is 7.04. The molecule has 1 aromatic rings. The summed E-state index contributed by atoms with van der Waals surface area (Å²) >= 11 is 0. The summed E-state index contributed by atoms with van der Waals surface area (Å²) in [5, 5.41) is 0. The zero-order valence-corrected chi connectivity index (χ0v) is 14.8. The molecule has 0 saturated carbocycles. The summed E-state index contributed by atoms with van der Waals surface area (Å²) < 4.78 is 38.6. The third-order valence-corrected chi connectivity index (χ3v) is 5.12. The first-order valence-corrected chi connectivity index (χ1v) is 9.03. The summed E-state index contributed by atoms with van der Waals surface area (Å²) in [7, 11) is 0. The Hall–Kier alpha value is -2.38. The molecule has 0 unspecified atom stereocenters. The predicted molar refractivity (Wildman–Crippen MR) is 90.9 cm³/mol. The summed E-state index contributed by atoms with van der Waals surface area (Å²) in [5.74, 6) is -1.17. The SMILES string of the molecule is O=C(c1cccc(C(F)(F)F)c1)[C@H]1CCCN(C(=O)CN2CCCC2=O)C1. The van der Waals surface area contributed by atoms with E-state index >= 15 is 0 Å². The van der Waals surface area contributed by atoms with Gasteiger partial charge in [0.15, 0.2) is 5.78 Å². The first-order chi connectivity index (χ1) is 12.8. The molecule has 0 N–H and O–H groups in total. The molecule has 0 bridgehead atoms. The quantitative estimate of drug-likeness (QED) is 0.753. The number of benzene rings is 1. The summed E-state index contributed by atoms with van der Waals surface area (Å²) in [6, 6.07) is 4.40. The maximum atomic E-state index is 12.9. The van der Waals surface area contributed by atoms with E-state index in [4.69, 9.17) is 0 Å². The summed E-state index contributed by atoms with van der Waals surface area (Å²) in [6.45, 7) is 1.23. The molecule has 8 heteroatoms. The van der Waals surface area contributed by atoms with Crippen molar-refractivity contribution in [3.63, 3.8) is 0 Å². The number of ketones is 1. The van der Waals surface area contributed by atoms with Crippen LogP contribution in [0.15, 0.2) is 24.3 Å². The lowest BCUT2D eigenvalue weighted by Crippen LogP contribution is -2.46. The second-order valence-corrected chi connectivity index (χ2v) is 7.04. The van der Waals surface area contributed by atoms with E-state index in [1.165, 1.54) is 17.0 Å². The summed E-state index contributed by atoms with van der Waals surface area (Å²) in [5.41, 5.74) is -0.844. The molecule has 5 nitrogen and oxygen atoms in total. The monoisotopic (exact) mass is 382 g/mol. The number of amides is 2. The Bertz CT molecular complexity index is 748. The van der Waals surface area contributed by atoms with Crippen molar-refractivity contribution in [1.29, 1.82) is 0 Å². The smallest absolute Gasteiger partial charge is 0.340 e. The third-order valence-electron chi connectivity index (χ3n) is 5.12. The lowest BCUT2D eigenvalue weighted by molar-refractivity contribution is -0.139. The van der Waals surface area contributed by atoms with Crippen molar-refractivity contribution in [3.05, 3.63) is 35.4 Å². The Morgan fingerprint density at radius 1 is 1.15 bits per heavy atom. The zero-order valence-electron chi connectivity index (χ0n) is 14.8. The van der Waals surface area contributed by atoms with E-state index in [1.54, 1.807) is 4.90 Å². The van der Waals surface area contributed by atoms with E-state index in [-0.39, 0.29) is 36.3 Å². The number of Topliss-reactive ketones (excluding diaryl/α,β-unsaturated/α-hetero) is 1. The molecule has 0 spiro atoms. The van der Waals surface area contributed by atoms with Crippen LogP contribution < -0.4 is 0 Å². The average molecular weight is 382 g/mol. The van der Waals surface area contributed by atoms with Crippen molar-refractivity contribution in [1.82, 2.24) is 9.80 Å². The summed E-state index contributed by atoms with van der Waals surface area (Å²) in [4.78, 5) is 39.9. The minimum Gasteiger partial charge on any atom is -0.340 e. The topological polar surface area (TPSA) is 57.7 Å². The molecule has 0 aromatic heterocycles. The zero-order chi connectivity index (χ0) is 19.6. The molecular formula is C19H21F3N2O3. The van der Waals surface area contributed by atoms with Gasteiger partial charge in [-0.15, -0.1) is 0 Å². The van der Waals surface area contributed by atoms with Crippen LogP contribution in [0, 0.1) is 5.92 Å². The van der Waals surface area contributed by atoms with E-state index in [0.717, 1.165) is 18.6 Å². The van der Waals surface area contributed by atoms with E-state index in [0.29, 0.717) is 32.4 Å². The molecule has 0 radical (unpaired) electrons. The molecule has 1 aromatic carbocycles. The second kappa shape index (κ2) is 7.70. The minimum atomic E-state index is -4.51. The van der Waals surface area contributed by atoms with Gasteiger partial charge in [0.1, 0.15) is 0 Å². The van der Waals surface area contributed by atoms with Crippen molar-refractivity contribution in [2.24, 2.45) is 5.92 Å². The highest BCUT2D eigenvalue weighted by Gasteiger charge is 2.34. The molecule has 2 fully saturated rings. The fourth-order valence-electron chi connectivity index (χ4n) is 3.64. The summed E-state index contributed by atoms with van der Waals surface area (Å²) in [6.07, 6.45) is -2.18. The molecule has 2 heterocycles. The van der Waals surface area contributed by atoms with Crippen molar-refractivity contribution in [3.8, 4) is 0 Å². The number of carbonyl (C=O) groups excluding carboxylic acids is 3. The Balaban J connectivity index is 1.66. The number of carbonyl (C=O) groups is 3. The van der Waals surface area contributed by atoms with Crippen molar-refractivity contribution in [2.75, 3.05) is 26.2 Å². The number of likely N-dealkylation sites (tertiary alicyclic amines) is 2.